The third-order valence-corrected chi connectivity index (χ3v) is 5.82. The van der Waals surface area contributed by atoms with Gasteiger partial charge in [0.1, 0.15) is 5.60 Å². The Hall–Kier alpha value is -2.38. The molecule has 1 aromatic heterocycles. The van der Waals surface area contributed by atoms with Crippen LogP contribution in [0.15, 0.2) is 41.7 Å². The second-order valence-corrected chi connectivity index (χ2v) is 8.73. The van der Waals surface area contributed by atoms with Gasteiger partial charge in [0.25, 0.3) is 0 Å². The number of hydrogen-bond donors (Lipinski definition) is 3. The SMILES string of the molecule is CCNC(=NCc1ccc(CN2CCCCCC2)cc1)NCC(C)(O)c1cnn(C)c1. The number of aromatic nitrogens is 2. The molecule has 7 heteroatoms. The molecule has 1 aromatic carbocycles. The molecule has 1 atom stereocenters. The van der Waals surface area contributed by atoms with E-state index in [-0.39, 0.29) is 0 Å². The van der Waals surface area contributed by atoms with Crippen molar-refractivity contribution < 1.29 is 5.11 Å². The van der Waals surface area contributed by atoms with Gasteiger partial charge in [-0.2, -0.15) is 5.10 Å². The topological polar surface area (TPSA) is 77.7 Å². The number of aliphatic hydroxyl groups is 1. The largest absolute Gasteiger partial charge is 0.383 e. The lowest BCUT2D eigenvalue weighted by Gasteiger charge is -2.23. The number of guanidine groups is 1. The number of hydrogen-bond acceptors (Lipinski definition) is 4. The van der Waals surface area contributed by atoms with Crippen LogP contribution in [-0.4, -0.2) is 51.9 Å². The second kappa shape index (κ2) is 11.3. The van der Waals surface area contributed by atoms with E-state index in [1.807, 2.05) is 20.2 Å². The Morgan fingerprint density at radius 3 is 2.39 bits per heavy atom. The fraction of sp³-hybridized carbons (Fsp3) is 0.583. The number of nitrogens with zero attached hydrogens (tertiary/aromatic N) is 4. The van der Waals surface area contributed by atoms with Gasteiger partial charge in [-0.1, -0.05) is 37.1 Å². The number of rotatable bonds is 8. The average Bonchev–Trinajstić information content (AvgIpc) is 3.04. The van der Waals surface area contributed by atoms with Crippen molar-refractivity contribution in [3.8, 4) is 0 Å². The van der Waals surface area contributed by atoms with E-state index >= 15 is 0 Å². The van der Waals surface area contributed by atoms with Crippen molar-refractivity contribution in [3.05, 3.63) is 53.3 Å². The minimum absolute atomic E-state index is 0.347. The summed E-state index contributed by atoms with van der Waals surface area (Å²) < 4.78 is 1.69. The number of benzene rings is 1. The van der Waals surface area contributed by atoms with Crippen LogP contribution in [0.3, 0.4) is 0 Å². The van der Waals surface area contributed by atoms with Crippen LogP contribution < -0.4 is 10.6 Å². The number of nitrogens with one attached hydrogen (secondary N) is 2. The van der Waals surface area contributed by atoms with Crippen LogP contribution >= 0.6 is 0 Å². The van der Waals surface area contributed by atoms with Crippen LogP contribution in [0, 0.1) is 0 Å². The molecule has 3 N–H and O–H groups in total. The van der Waals surface area contributed by atoms with Gasteiger partial charge in [0.15, 0.2) is 5.96 Å². The molecule has 0 bridgehead atoms. The average molecular weight is 427 g/mol. The summed E-state index contributed by atoms with van der Waals surface area (Å²) in [5, 5.41) is 21.4. The van der Waals surface area contributed by atoms with E-state index < -0.39 is 5.60 Å². The molecule has 1 aliphatic heterocycles. The Kier molecular flexibility index (Phi) is 8.49. The molecule has 7 nitrogen and oxygen atoms in total. The van der Waals surface area contributed by atoms with Gasteiger partial charge in [-0.05, 0) is 50.9 Å². The zero-order valence-corrected chi connectivity index (χ0v) is 19.3. The highest BCUT2D eigenvalue weighted by Crippen LogP contribution is 2.18. The van der Waals surface area contributed by atoms with Crippen LogP contribution in [0.1, 0.15) is 56.2 Å². The fourth-order valence-corrected chi connectivity index (χ4v) is 3.87. The Labute approximate surface area is 186 Å². The summed E-state index contributed by atoms with van der Waals surface area (Å²) in [5.74, 6) is 0.695. The van der Waals surface area contributed by atoms with E-state index in [0.29, 0.717) is 19.0 Å². The third-order valence-electron chi connectivity index (χ3n) is 5.82. The first-order valence-corrected chi connectivity index (χ1v) is 11.5. The Morgan fingerprint density at radius 1 is 1.10 bits per heavy atom. The minimum Gasteiger partial charge on any atom is -0.383 e. The lowest BCUT2D eigenvalue weighted by atomic mass is 10.00. The highest BCUT2D eigenvalue weighted by Gasteiger charge is 2.25. The summed E-state index contributed by atoms with van der Waals surface area (Å²) in [6, 6.07) is 8.80. The molecule has 1 aliphatic rings. The number of aliphatic imine (C=N–C) groups is 1. The maximum atomic E-state index is 10.8. The normalized spacial score (nSPS) is 17.7. The molecule has 170 valence electrons. The third kappa shape index (κ3) is 7.36. The maximum absolute atomic E-state index is 10.8. The quantitative estimate of drug-likeness (QED) is 0.447. The standard InChI is InChI=1S/C24H38N6O/c1-4-25-23(27-19-24(2,31)22-16-28-29(3)18-22)26-15-20-9-11-21(12-10-20)17-30-13-7-5-6-8-14-30/h9-12,16,18,31H,4-8,13-15,17,19H2,1-3H3,(H2,25,26,27). The molecule has 3 rings (SSSR count). The van der Waals surface area contributed by atoms with Crippen LogP contribution in [0.4, 0.5) is 0 Å². The maximum Gasteiger partial charge on any atom is 0.191 e. The van der Waals surface area contributed by atoms with Crippen molar-refractivity contribution in [2.75, 3.05) is 26.2 Å². The van der Waals surface area contributed by atoms with E-state index in [0.717, 1.165) is 18.7 Å². The van der Waals surface area contributed by atoms with Gasteiger partial charge < -0.3 is 15.7 Å². The van der Waals surface area contributed by atoms with E-state index in [2.05, 4.69) is 44.9 Å². The van der Waals surface area contributed by atoms with Crippen LogP contribution in [0.2, 0.25) is 0 Å². The number of aryl methyl sites for hydroxylation is 1. The molecule has 0 aliphatic carbocycles. The van der Waals surface area contributed by atoms with Gasteiger partial charge in [0.2, 0.25) is 0 Å². The zero-order chi connectivity index (χ0) is 22.1. The summed E-state index contributed by atoms with van der Waals surface area (Å²) in [6.07, 6.45) is 8.90. The van der Waals surface area contributed by atoms with Crippen LogP contribution in [0.5, 0.6) is 0 Å². The summed E-state index contributed by atoms with van der Waals surface area (Å²) in [4.78, 5) is 7.27. The molecule has 0 amide bonds. The molecule has 0 spiro atoms. The van der Waals surface area contributed by atoms with E-state index in [1.165, 1.54) is 49.9 Å². The van der Waals surface area contributed by atoms with Crippen molar-refractivity contribution in [1.82, 2.24) is 25.3 Å². The van der Waals surface area contributed by atoms with Gasteiger partial charge in [0.05, 0.1) is 19.3 Å². The first-order valence-electron chi connectivity index (χ1n) is 11.5. The molecule has 1 fully saturated rings. The van der Waals surface area contributed by atoms with Gasteiger partial charge in [0, 0.05) is 31.9 Å². The molecular formula is C24H38N6O. The van der Waals surface area contributed by atoms with E-state index in [4.69, 9.17) is 4.99 Å². The molecule has 1 unspecified atom stereocenters. The van der Waals surface area contributed by atoms with Gasteiger partial charge >= 0.3 is 0 Å². The smallest absolute Gasteiger partial charge is 0.191 e. The first-order chi connectivity index (χ1) is 15.0. The molecule has 31 heavy (non-hydrogen) atoms. The van der Waals surface area contributed by atoms with Crippen molar-refractivity contribution in [2.24, 2.45) is 12.0 Å². The molecule has 0 radical (unpaired) electrons. The lowest BCUT2D eigenvalue weighted by molar-refractivity contribution is 0.0616. The summed E-state index contributed by atoms with van der Waals surface area (Å²) in [5.41, 5.74) is 2.29. The minimum atomic E-state index is -1.03. The van der Waals surface area contributed by atoms with Crippen molar-refractivity contribution in [2.45, 2.75) is 58.2 Å². The Bertz CT molecular complexity index is 819. The van der Waals surface area contributed by atoms with Gasteiger partial charge in [-0.15, -0.1) is 0 Å². The van der Waals surface area contributed by atoms with E-state index in [1.54, 1.807) is 17.8 Å². The predicted octanol–water partition coefficient (Wildman–Crippen LogP) is 2.76. The van der Waals surface area contributed by atoms with Crippen molar-refractivity contribution >= 4 is 5.96 Å². The predicted molar refractivity (Wildman–Crippen MR) is 126 cm³/mol. The highest BCUT2D eigenvalue weighted by atomic mass is 16.3. The molecule has 1 saturated heterocycles. The van der Waals surface area contributed by atoms with Crippen molar-refractivity contribution in [3.63, 3.8) is 0 Å². The molecule has 2 aromatic rings. The summed E-state index contributed by atoms with van der Waals surface area (Å²) in [7, 11) is 1.84. The monoisotopic (exact) mass is 426 g/mol. The van der Waals surface area contributed by atoms with Gasteiger partial charge in [-0.3, -0.25) is 9.58 Å². The number of likely N-dealkylation sites (tertiary alicyclic amines) is 1. The van der Waals surface area contributed by atoms with E-state index in [9.17, 15) is 5.11 Å². The summed E-state index contributed by atoms with van der Waals surface area (Å²) >= 11 is 0. The van der Waals surface area contributed by atoms with Crippen LogP contribution in [0.25, 0.3) is 0 Å². The van der Waals surface area contributed by atoms with Crippen LogP contribution in [-0.2, 0) is 25.7 Å². The van der Waals surface area contributed by atoms with Gasteiger partial charge in [-0.25, -0.2) is 4.99 Å². The Morgan fingerprint density at radius 2 is 1.77 bits per heavy atom. The summed E-state index contributed by atoms with van der Waals surface area (Å²) in [6.45, 7) is 8.98. The Balaban J connectivity index is 1.54. The lowest BCUT2D eigenvalue weighted by Crippen LogP contribution is -2.44. The molecule has 0 saturated carbocycles. The molecule has 2 heterocycles. The fourth-order valence-electron chi connectivity index (χ4n) is 3.87. The highest BCUT2D eigenvalue weighted by molar-refractivity contribution is 5.79. The van der Waals surface area contributed by atoms with Crippen molar-refractivity contribution in [1.29, 1.82) is 0 Å². The first kappa shape index (κ1) is 23.3. The zero-order valence-electron chi connectivity index (χ0n) is 19.3. The second-order valence-electron chi connectivity index (χ2n) is 8.73. The molecular weight excluding hydrogens is 388 g/mol.